The first kappa shape index (κ1) is 16.7. The molecule has 2 aromatic rings. The Morgan fingerprint density at radius 1 is 1.14 bits per heavy atom. The average Bonchev–Trinajstić information content (AvgIpc) is 2.52. The second kappa shape index (κ2) is 8.11. The number of nitrogens with one attached hydrogen (secondary N) is 1. The lowest BCUT2D eigenvalue weighted by Crippen LogP contribution is -2.24. The Labute approximate surface area is 140 Å². The number of rotatable bonds is 6. The van der Waals surface area contributed by atoms with Gasteiger partial charge in [0.1, 0.15) is 0 Å². The summed E-state index contributed by atoms with van der Waals surface area (Å²) in [6, 6.07) is 15.7. The van der Waals surface area contributed by atoms with Crippen LogP contribution in [-0.2, 0) is 11.3 Å². The molecule has 0 unspecified atom stereocenters. The number of amides is 1. The van der Waals surface area contributed by atoms with Gasteiger partial charge in [0.05, 0.1) is 10.8 Å². The van der Waals surface area contributed by atoms with E-state index in [4.69, 9.17) is 11.6 Å². The lowest BCUT2D eigenvalue weighted by Gasteiger charge is -2.13. The number of benzene rings is 2. The SMILES string of the molecule is CN(C)c1ccc(CNC(=O)CSc2ccccc2Cl)cc1. The molecule has 0 aliphatic carbocycles. The highest BCUT2D eigenvalue weighted by Gasteiger charge is 2.05. The predicted octanol–water partition coefficient (Wildman–Crippen LogP) is 3.81. The van der Waals surface area contributed by atoms with Crippen molar-refractivity contribution in [1.82, 2.24) is 5.32 Å². The summed E-state index contributed by atoms with van der Waals surface area (Å²) in [6.45, 7) is 0.537. The number of thioether (sulfide) groups is 1. The van der Waals surface area contributed by atoms with Crippen molar-refractivity contribution in [2.75, 3.05) is 24.7 Å². The van der Waals surface area contributed by atoms with Crippen molar-refractivity contribution < 1.29 is 4.79 Å². The smallest absolute Gasteiger partial charge is 0.230 e. The summed E-state index contributed by atoms with van der Waals surface area (Å²) < 4.78 is 0. The molecule has 0 fully saturated rings. The van der Waals surface area contributed by atoms with Crippen LogP contribution in [0.5, 0.6) is 0 Å². The zero-order valence-electron chi connectivity index (χ0n) is 12.7. The van der Waals surface area contributed by atoms with E-state index in [1.165, 1.54) is 11.8 Å². The summed E-state index contributed by atoms with van der Waals surface area (Å²) in [4.78, 5) is 14.9. The van der Waals surface area contributed by atoms with E-state index in [-0.39, 0.29) is 5.91 Å². The Kier molecular flexibility index (Phi) is 6.16. The van der Waals surface area contributed by atoms with E-state index in [0.717, 1.165) is 16.1 Å². The third kappa shape index (κ3) is 4.97. The minimum atomic E-state index is 0.00149. The molecule has 0 bridgehead atoms. The minimum absolute atomic E-state index is 0.00149. The molecule has 0 spiro atoms. The molecule has 2 rings (SSSR count). The van der Waals surface area contributed by atoms with Gasteiger partial charge < -0.3 is 10.2 Å². The second-order valence-electron chi connectivity index (χ2n) is 5.06. The largest absolute Gasteiger partial charge is 0.378 e. The van der Waals surface area contributed by atoms with Crippen LogP contribution >= 0.6 is 23.4 Å². The van der Waals surface area contributed by atoms with Gasteiger partial charge in [-0.15, -0.1) is 11.8 Å². The second-order valence-corrected chi connectivity index (χ2v) is 6.48. The number of hydrogen-bond acceptors (Lipinski definition) is 3. The third-order valence-corrected chi connectivity index (χ3v) is 4.65. The number of carbonyl (C=O) groups excluding carboxylic acids is 1. The van der Waals surface area contributed by atoms with Crippen molar-refractivity contribution in [1.29, 1.82) is 0 Å². The van der Waals surface area contributed by atoms with Crippen LogP contribution in [0.25, 0.3) is 0 Å². The van der Waals surface area contributed by atoms with Gasteiger partial charge >= 0.3 is 0 Å². The first-order chi connectivity index (χ1) is 10.6. The van der Waals surface area contributed by atoms with Gasteiger partial charge in [-0.3, -0.25) is 4.79 Å². The maximum absolute atomic E-state index is 11.9. The van der Waals surface area contributed by atoms with Crippen molar-refractivity contribution in [3.63, 3.8) is 0 Å². The first-order valence-electron chi connectivity index (χ1n) is 6.96. The molecule has 0 aliphatic heterocycles. The fourth-order valence-electron chi connectivity index (χ4n) is 1.87. The highest BCUT2D eigenvalue weighted by molar-refractivity contribution is 8.00. The topological polar surface area (TPSA) is 32.3 Å². The lowest BCUT2D eigenvalue weighted by molar-refractivity contribution is -0.118. The normalized spacial score (nSPS) is 10.3. The van der Waals surface area contributed by atoms with Crippen molar-refractivity contribution >= 4 is 35.0 Å². The van der Waals surface area contributed by atoms with Crippen LogP contribution in [0.4, 0.5) is 5.69 Å². The zero-order valence-corrected chi connectivity index (χ0v) is 14.2. The molecule has 0 aromatic heterocycles. The minimum Gasteiger partial charge on any atom is -0.378 e. The molecule has 1 N–H and O–H groups in total. The van der Waals surface area contributed by atoms with Crippen molar-refractivity contribution in [3.05, 3.63) is 59.1 Å². The van der Waals surface area contributed by atoms with Crippen LogP contribution in [0.15, 0.2) is 53.4 Å². The molecule has 1 amide bonds. The monoisotopic (exact) mass is 334 g/mol. The van der Waals surface area contributed by atoms with E-state index in [1.54, 1.807) is 0 Å². The van der Waals surface area contributed by atoms with Crippen molar-refractivity contribution in [2.45, 2.75) is 11.4 Å². The summed E-state index contributed by atoms with van der Waals surface area (Å²) in [6.07, 6.45) is 0. The van der Waals surface area contributed by atoms with Gasteiger partial charge in [0, 0.05) is 31.2 Å². The molecule has 0 heterocycles. The molecule has 2 aromatic carbocycles. The highest BCUT2D eigenvalue weighted by atomic mass is 35.5. The molecule has 116 valence electrons. The van der Waals surface area contributed by atoms with E-state index in [2.05, 4.69) is 5.32 Å². The molecule has 0 radical (unpaired) electrons. The summed E-state index contributed by atoms with van der Waals surface area (Å²) >= 11 is 7.51. The number of nitrogens with zero attached hydrogens (tertiary/aromatic N) is 1. The standard InChI is InChI=1S/C17H19ClN2OS/c1-20(2)14-9-7-13(8-10-14)11-19-17(21)12-22-16-6-4-3-5-15(16)18/h3-10H,11-12H2,1-2H3,(H,19,21). The number of halogens is 1. The maximum atomic E-state index is 11.9. The lowest BCUT2D eigenvalue weighted by atomic mass is 10.2. The summed E-state index contributed by atoms with van der Waals surface area (Å²) in [5.41, 5.74) is 2.23. The van der Waals surface area contributed by atoms with Gasteiger partial charge in [-0.05, 0) is 29.8 Å². The van der Waals surface area contributed by atoms with E-state index < -0.39 is 0 Å². The summed E-state index contributed by atoms with van der Waals surface area (Å²) in [5.74, 6) is 0.362. The molecule has 0 saturated heterocycles. The Morgan fingerprint density at radius 3 is 2.45 bits per heavy atom. The van der Waals surface area contributed by atoms with Crippen molar-refractivity contribution in [3.8, 4) is 0 Å². The molecule has 5 heteroatoms. The molecule has 22 heavy (non-hydrogen) atoms. The van der Waals surface area contributed by atoms with Gasteiger partial charge in [0.25, 0.3) is 0 Å². The molecule has 0 aliphatic rings. The number of hydrogen-bond donors (Lipinski definition) is 1. The molecule has 0 atom stereocenters. The molecule has 0 saturated carbocycles. The van der Waals surface area contributed by atoms with Gasteiger partial charge in [-0.1, -0.05) is 35.9 Å². The fraction of sp³-hybridized carbons (Fsp3) is 0.235. The van der Waals surface area contributed by atoms with Crippen molar-refractivity contribution in [2.24, 2.45) is 0 Å². The van der Waals surface area contributed by atoms with Crippen LogP contribution in [0.1, 0.15) is 5.56 Å². The van der Waals surface area contributed by atoms with Crippen LogP contribution in [0.2, 0.25) is 5.02 Å². The Hall–Kier alpha value is -1.65. The van der Waals surface area contributed by atoms with Crippen LogP contribution in [0, 0.1) is 0 Å². The van der Waals surface area contributed by atoms with Gasteiger partial charge in [0.15, 0.2) is 0 Å². The summed E-state index contributed by atoms with van der Waals surface area (Å²) in [7, 11) is 4.01. The first-order valence-corrected chi connectivity index (χ1v) is 8.33. The van der Waals surface area contributed by atoms with Gasteiger partial charge in [0.2, 0.25) is 5.91 Å². The van der Waals surface area contributed by atoms with Crippen LogP contribution < -0.4 is 10.2 Å². The zero-order chi connectivity index (χ0) is 15.9. The Balaban J connectivity index is 1.79. The Morgan fingerprint density at radius 2 is 1.82 bits per heavy atom. The molecular formula is C17H19ClN2OS. The van der Waals surface area contributed by atoms with E-state index in [9.17, 15) is 4.79 Å². The molecule has 3 nitrogen and oxygen atoms in total. The van der Waals surface area contributed by atoms with Crippen LogP contribution in [-0.4, -0.2) is 25.8 Å². The number of anilines is 1. The number of carbonyl (C=O) groups is 1. The maximum Gasteiger partial charge on any atom is 0.230 e. The van der Waals surface area contributed by atoms with E-state index >= 15 is 0 Å². The molecular weight excluding hydrogens is 316 g/mol. The van der Waals surface area contributed by atoms with Crippen LogP contribution in [0.3, 0.4) is 0 Å². The predicted molar refractivity (Wildman–Crippen MR) is 94.8 cm³/mol. The van der Waals surface area contributed by atoms with E-state index in [0.29, 0.717) is 17.3 Å². The highest BCUT2D eigenvalue weighted by Crippen LogP contribution is 2.26. The van der Waals surface area contributed by atoms with E-state index in [1.807, 2.05) is 67.5 Å². The summed E-state index contributed by atoms with van der Waals surface area (Å²) in [5, 5.41) is 3.60. The van der Waals surface area contributed by atoms with Gasteiger partial charge in [-0.25, -0.2) is 0 Å². The third-order valence-electron chi connectivity index (χ3n) is 3.14. The quantitative estimate of drug-likeness (QED) is 0.815. The average molecular weight is 335 g/mol. The Bertz CT molecular complexity index is 629. The fourth-order valence-corrected chi connectivity index (χ4v) is 2.94. The van der Waals surface area contributed by atoms with Gasteiger partial charge in [-0.2, -0.15) is 0 Å².